The fourth-order valence-electron chi connectivity index (χ4n) is 1.18. The number of anilines is 1. The van der Waals surface area contributed by atoms with E-state index < -0.39 is 0 Å². The quantitative estimate of drug-likeness (QED) is 0.415. The van der Waals surface area contributed by atoms with Crippen molar-refractivity contribution in [2.45, 2.75) is 0 Å². The summed E-state index contributed by atoms with van der Waals surface area (Å²) in [7, 11) is 1.79. The van der Waals surface area contributed by atoms with Crippen LogP contribution in [-0.4, -0.2) is 22.5 Å². The molecule has 0 saturated heterocycles. The number of rotatable bonds is 1. The van der Waals surface area contributed by atoms with Crippen LogP contribution >= 0.6 is 0 Å². The highest BCUT2D eigenvalue weighted by Gasteiger charge is 2.08. The maximum absolute atomic E-state index is 9.19. The molecule has 0 radical (unpaired) electrons. The van der Waals surface area contributed by atoms with Crippen LogP contribution in [-0.2, 0) is 0 Å². The number of fused-ring (bicyclic) bond motifs is 1. The molecule has 5 nitrogen and oxygen atoms in total. The molecule has 0 fully saturated rings. The average molecular weight is 165 g/mol. The number of pyridine rings is 1. The predicted molar refractivity (Wildman–Crippen MR) is 43.0 cm³/mol. The Bertz CT molecular complexity index is 409. The van der Waals surface area contributed by atoms with E-state index in [0.29, 0.717) is 0 Å². The Hall–Kier alpha value is -1.78. The highest BCUT2D eigenvalue weighted by Crippen LogP contribution is 2.17. The van der Waals surface area contributed by atoms with Gasteiger partial charge in [0.2, 0.25) is 12.4 Å². The summed E-state index contributed by atoms with van der Waals surface area (Å²) in [5.41, 5.74) is 1.63. The molecule has 5 heteroatoms. The fraction of sp³-hybridized carbons (Fsp3) is 0.143. The average Bonchev–Trinajstić information content (AvgIpc) is 2.50. The van der Waals surface area contributed by atoms with Crippen LogP contribution in [0, 0.1) is 0 Å². The second-order valence-corrected chi connectivity index (χ2v) is 2.50. The summed E-state index contributed by atoms with van der Waals surface area (Å²) < 4.78 is 0.992. The summed E-state index contributed by atoms with van der Waals surface area (Å²) >= 11 is 0. The normalized spacial score (nSPS) is 10.4. The molecule has 0 aliphatic rings. The van der Waals surface area contributed by atoms with Crippen LogP contribution in [0.1, 0.15) is 0 Å². The topological polar surface area (TPSA) is 64.8 Å². The molecular formula is C7H9N4O+. The lowest BCUT2D eigenvalue weighted by atomic mass is 10.3. The second-order valence-electron chi connectivity index (χ2n) is 2.50. The lowest BCUT2D eigenvalue weighted by molar-refractivity contribution is -0.903. The van der Waals surface area contributed by atoms with Crippen LogP contribution in [0.15, 0.2) is 18.6 Å². The molecular weight excluding hydrogens is 156 g/mol. The van der Waals surface area contributed by atoms with Crippen molar-refractivity contribution in [2.75, 3.05) is 12.4 Å². The van der Waals surface area contributed by atoms with E-state index in [2.05, 4.69) is 15.5 Å². The van der Waals surface area contributed by atoms with Crippen LogP contribution in [0.25, 0.3) is 10.9 Å². The van der Waals surface area contributed by atoms with E-state index in [4.69, 9.17) is 0 Å². The highest BCUT2D eigenvalue weighted by molar-refractivity contribution is 5.88. The summed E-state index contributed by atoms with van der Waals surface area (Å²) in [6.07, 6.45) is 4.85. The lowest BCUT2D eigenvalue weighted by Crippen LogP contribution is -2.28. The third-order valence-corrected chi connectivity index (χ3v) is 1.75. The van der Waals surface area contributed by atoms with Crippen molar-refractivity contribution in [1.29, 1.82) is 0 Å². The number of aromatic amines is 1. The SMILES string of the molecule is CNc1c[n+](O)cc2[nH]ncc12. The Morgan fingerprint density at radius 3 is 3.17 bits per heavy atom. The minimum absolute atomic E-state index is 0.796. The van der Waals surface area contributed by atoms with Gasteiger partial charge < -0.3 is 5.32 Å². The van der Waals surface area contributed by atoms with E-state index in [0.717, 1.165) is 21.3 Å². The molecule has 0 saturated carbocycles. The van der Waals surface area contributed by atoms with Gasteiger partial charge >= 0.3 is 0 Å². The van der Waals surface area contributed by atoms with Crippen molar-refractivity contribution in [3.05, 3.63) is 18.6 Å². The first-order chi connectivity index (χ1) is 5.81. The molecule has 0 aliphatic carbocycles. The van der Waals surface area contributed by atoms with Crippen molar-refractivity contribution in [1.82, 2.24) is 10.2 Å². The van der Waals surface area contributed by atoms with Gasteiger partial charge in [-0.05, 0) is 0 Å². The fourth-order valence-corrected chi connectivity index (χ4v) is 1.18. The Morgan fingerprint density at radius 1 is 1.58 bits per heavy atom. The van der Waals surface area contributed by atoms with Crippen molar-refractivity contribution < 1.29 is 9.94 Å². The van der Waals surface area contributed by atoms with E-state index in [9.17, 15) is 5.21 Å². The Labute approximate surface area is 68.6 Å². The summed E-state index contributed by atoms with van der Waals surface area (Å²) in [5.74, 6) is 0. The van der Waals surface area contributed by atoms with Gasteiger partial charge in [0.1, 0.15) is 11.2 Å². The van der Waals surface area contributed by atoms with Crippen molar-refractivity contribution >= 4 is 16.6 Å². The van der Waals surface area contributed by atoms with Gasteiger partial charge in [-0.25, -0.2) is 0 Å². The molecule has 0 bridgehead atoms. The van der Waals surface area contributed by atoms with Gasteiger partial charge in [0.15, 0.2) is 0 Å². The molecule has 0 amide bonds. The maximum atomic E-state index is 9.19. The molecule has 0 atom stereocenters. The van der Waals surface area contributed by atoms with Crippen LogP contribution in [0.3, 0.4) is 0 Å². The number of aromatic nitrogens is 3. The zero-order valence-electron chi connectivity index (χ0n) is 6.57. The van der Waals surface area contributed by atoms with Gasteiger partial charge in [0.25, 0.3) is 0 Å². The zero-order chi connectivity index (χ0) is 8.55. The molecule has 0 spiro atoms. The first-order valence-corrected chi connectivity index (χ1v) is 3.56. The smallest absolute Gasteiger partial charge is 0.247 e. The van der Waals surface area contributed by atoms with E-state index in [1.807, 2.05) is 0 Å². The highest BCUT2D eigenvalue weighted by atomic mass is 16.5. The third-order valence-electron chi connectivity index (χ3n) is 1.75. The Balaban J connectivity index is 2.80. The first-order valence-electron chi connectivity index (χ1n) is 3.56. The summed E-state index contributed by atoms with van der Waals surface area (Å²) in [6.45, 7) is 0. The Morgan fingerprint density at radius 2 is 2.42 bits per heavy atom. The van der Waals surface area contributed by atoms with Crippen molar-refractivity contribution in [3.63, 3.8) is 0 Å². The lowest BCUT2D eigenvalue weighted by Gasteiger charge is -1.95. The van der Waals surface area contributed by atoms with Crippen LogP contribution in [0.4, 0.5) is 5.69 Å². The van der Waals surface area contributed by atoms with Crippen LogP contribution in [0.2, 0.25) is 0 Å². The van der Waals surface area contributed by atoms with Gasteiger partial charge in [0.05, 0.1) is 11.6 Å². The largest absolute Gasteiger partial charge is 0.383 e. The molecule has 62 valence electrons. The molecule has 2 rings (SSSR count). The predicted octanol–water partition coefficient (Wildman–Crippen LogP) is 0.129. The minimum Gasteiger partial charge on any atom is -0.383 e. The maximum Gasteiger partial charge on any atom is 0.247 e. The van der Waals surface area contributed by atoms with E-state index >= 15 is 0 Å². The number of H-pyrrole nitrogens is 1. The third kappa shape index (κ3) is 0.868. The molecule has 0 aromatic carbocycles. The first kappa shape index (κ1) is 6.90. The van der Waals surface area contributed by atoms with Gasteiger partial charge in [-0.15, -0.1) is 0 Å². The van der Waals surface area contributed by atoms with Crippen LogP contribution in [0.5, 0.6) is 0 Å². The molecule has 0 aliphatic heterocycles. The number of hydrogen-bond donors (Lipinski definition) is 3. The van der Waals surface area contributed by atoms with E-state index in [-0.39, 0.29) is 0 Å². The van der Waals surface area contributed by atoms with Gasteiger partial charge in [-0.2, -0.15) is 5.10 Å². The minimum atomic E-state index is 0.796. The molecule has 0 unspecified atom stereocenters. The van der Waals surface area contributed by atoms with E-state index in [1.54, 1.807) is 25.6 Å². The summed E-state index contributed by atoms with van der Waals surface area (Å²) in [4.78, 5) is 0. The molecule has 2 aromatic heterocycles. The molecule has 2 heterocycles. The molecule has 12 heavy (non-hydrogen) atoms. The number of nitrogens with zero attached hydrogens (tertiary/aromatic N) is 2. The Kier molecular flexibility index (Phi) is 1.36. The molecule has 3 N–H and O–H groups in total. The summed E-state index contributed by atoms with van der Waals surface area (Å²) in [6, 6.07) is 0. The van der Waals surface area contributed by atoms with Crippen molar-refractivity contribution in [3.8, 4) is 0 Å². The van der Waals surface area contributed by atoms with Crippen molar-refractivity contribution in [2.24, 2.45) is 0 Å². The van der Waals surface area contributed by atoms with Gasteiger partial charge in [-0.1, -0.05) is 0 Å². The second kappa shape index (κ2) is 2.37. The monoisotopic (exact) mass is 165 g/mol. The number of nitrogens with one attached hydrogen (secondary N) is 2. The van der Waals surface area contributed by atoms with Gasteiger partial charge in [-0.3, -0.25) is 10.3 Å². The number of hydrogen-bond acceptors (Lipinski definition) is 3. The molecule has 2 aromatic rings. The van der Waals surface area contributed by atoms with Crippen LogP contribution < -0.4 is 10.0 Å². The van der Waals surface area contributed by atoms with E-state index in [1.165, 1.54) is 0 Å². The standard InChI is InChI=1S/C7H8N4O/c1-8-6-3-11(12)4-7-5(6)2-9-10-7/h2-4,8,12H,1H3/p+1. The van der Waals surface area contributed by atoms with Gasteiger partial charge in [0, 0.05) is 11.8 Å². The zero-order valence-corrected chi connectivity index (χ0v) is 6.57. The summed E-state index contributed by atoms with van der Waals surface area (Å²) in [5, 5.41) is 19.7.